The smallest absolute Gasteiger partial charge is 0.0199 e. The predicted molar refractivity (Wildman–Crippen MR) is 66.5 cm³/mol. The van der Waals surface area contributed by atoms with Crippen LogP contribution in [0.2, 0.25) is 0 Å². The standard InChI is InChI=1S/C14H26/c1-4-7-8-9-10-13-14(11-5-2)12-6-3/h5-6,12,14H,2,4,7-11,13H2,1,3H3. The molecule has 0 aromatic carbocycles. The van der Waals surface area contributed by atoms with Crippen LogP contribution in [0.1, 0.15) is 58.8 Å². The quantitative estimate of drug-likeness (QED) is 0.353. The van der Waals surface area contributed by atoms with E-state index in [1.807, 2.05) is 6.08 Å². The third kappa shape index (κ3) is 8.10. The van der Waals surface area contributed by atoms with Gasteiger partial charge in [0.2, 0.25) is 0 Å². The van der Waals surface area contributed by atoms with Crippen LogP contribution in [0, 0.1) is 5.92 Å². The van der Waals surface area contributed by atoms with E-state index in [9.17, 15) is 0 Å². The minimum absolute atomic E-state index is 0.735. The molecule has 0 aliphatic rings. The van der Waals surface area contributed by atoms with E-state index in [-0.39, 0.29) is 0 Å². The van der Waals surface area contributed by atoms with Gasteiger partial charge in [-0.05, 0) is 25.7 Å². The number of rotatable bonds is 9. The zero-order valence-corrected chi connectivity index (χ0v) is 9.97. The van der Waals surface area contributed by atoms with Crippen LogP contribution >= 0.6 is 0 Å². The topological polar surface area (TPSA) is 0 Å². The lowest BCUT2D eigenvalue weighted by Crippen LogP contribution is -1.94. The summed E-state index contributed by atoms with van der Waals surface area (Å²) in [7, 11) is 0. The first-order chi connectivity index (χ1) is 6.85. The van der Waals surface area contributed by atoms with Gasteiger partial charge >= 0.3 is 0 Å². The van der Waals surface area contributed by atoms with Gasteiger partial charge in [0.1, 0.15) is 0 Å². The van der Waals surface area contributed by atoms with Crippen LogP contribution in [0.3, 0.4) is 0 Å². The molecule has 0 spiro atoms. The van der Waals surface area contributed by atoms with E-state index >= 15 is 0 Å². The Morgan fingerprint density at radius 3 is 2.43 bits per heavy atom. The maximum absolute atomic E-state index is 3.81. The fraction of sp³-hybridized carbons (Fsp3) is 0.714. The molecule has 0 heterocycles. The van der Waals surface area contributed by atoms with E-state index in [0.29, 0.717) is 0 Å². The van der Waals surface area contributed by atoms with Crippen molar-refractivity contribution in [3.8, 4) is 0 Å². The largest absolute Gasteiger partial charge is 0.103 e. The van der Waals surface area contributed by atoms with Gasteiger partial charge in [-0.15, -0.1) is 6.58 Å². The molecule has 1 atom stereocenters. The molecule has 0 bridgehead atoms. The van der Waals surface area contributed by atoms with Gasteiger partial charge in [0, 0.05) is 0 Å². The van der Waals surface area contributed by atoms with Crippen molar-refractivity contribution < 1.29 is 0 Å². The molecule has 0 saturated heterocycles. The molecule has 0 saturated carbocycles. The Bertz CT molecular complexity index is 144. The fourth-order valence-electron chi connectivity index (χ4n) is 1.79. The van der Waals surface area contributed by atoms with Crippen molar-refractivity contribution >= 4 is 0 Å². The fourth-order valence-corrected chi connectivity index (χ4v) is 1.79. The van der Waals surface area contributed by atoms with Crippen LogP contribution in [-0.2, 0) is 0 Å². The molecule has 0 aromatic heterocycles. The molecule has 0 nitrogen and oxygen atoms in total. The van der Waals surface area contributed by atoms with Crippen LogP contribution in [0.25, 0.3) is 0 Å². The summed E-state index contributed by atoms with van der Waals surface area (Å²) in [6, 6.07) is 0. The van der Waals surface area contributed by atoms with Crippen molar-refractivity contribution in [2.75, 3.05) is 0 Å². The summed E-state index contributed by atoms with van der Waals surface area (Å²) in [6.45, 7) is 8.18. The molecule has 0 heteroatoms. The maximum atomic E-state index is 3.81. The average molecular weight is 194 g/mol. The van der Waals surface area contributed by atoms with Crippen molar-refractivity contribution in [3.05, 3.63) is 24.8 Å². The zero-order chi connectivity index (χ0) is 10.6. The van der Waals surface area contributed by atoms with Gasteiger partial charge in [-0.3, -0.25) is 0 Å². The van der Waals surface area contributed by atoms with E-state index in [1.165, 1.54) is 38.5 Å². The second kappa shape index (κ2) is 10.6. The zero-order valence-electron chi connectivity index (χ0n) is 9.97. The molecule has 0 amide bonds. The summed E-state index contributed by atoms with van der Waals surface area (Å²) < 4.78 is 0. The Balaban J connectivity index is 3.45. The molecule has 1 unspecified atom stereocenters. The highest BCUT2D eigenvalue weighted by Gasteiger charge is 2.01. The van der Waals surface area contributed by atoms with Gasteiger partial charge in [-0.2, -0.15) is 0 Å². The number of unbranched alkanes of at least 4 members (excludes halogenated alkanes) is 4. The van der Waals surface area contributed by atoms with Gasteiger partial charge in [0.05, 0.1) is 0 Å². The SMILES string of the molecule is C=CCC(C=CC)CCCCCCC. The van der Waals surface area contributed by atoms with Crippen molar-refractivity contribution in [1.82, 2.24) is 0 Å². The molecular weight excluding hydrogens is 168 g/mol. The minimum atomic E-state index is 0.735. The summed E-state index contributed by atoms with van der Waals surface area (Å²) in [5.41, 5.74) is 0. The first-order valence-corrected chi connectivity index (χ1v) is 6.08. The summed E-state index contributed by atoms with van der Waals surface area (Å²) >= 11 is 0. The maximum Gasteiger partial charge on any atom is -0.0199 e. The van der Waals surface area contributed by atoms with Crippen LogP contribution in [0.15, 0.2) is 24.8 Å². The molecule has 82 valence electrons. The second-order valence-corrected chi connectivity index (χ2v) is 4.01. The van der Waals surface area contributed by atoms with Gasteiger partial charge < -0.3 is 0 Å². The van der Waals surface area contributed by atoms with Crippen LogP contribution in [-0.4, -0.2) is 0 Å². The highest BCUT2D eigenvalue weighted by Crippen LogP contribution is 2.16. The molecule has 0 rings (SSSR count). The Morgan fingerprint density at radius 2 is 1.86 bits per heavy atom. The van der Waals surface area contributed by atoms with Crippen molar-refractivity contribution in [1.29, 1.82) is 0 Å². The lowest BCUT2D eigenvalue weighted by atomic mass is 9.97. The Labute approximate surface area is 90.1 Å². The van der Waals surface area contributed by atoms with E-state index in [1.54, 1.807) is 0 Å². The van der Waals surface area contributed by atoms with Gasteiger partial charge in [-0.25, -0.2) is 0 Å². The summed E-state index contributed by atoms with van der Waals surface area (Å²) in [6.07, 6.45) is 15.9. The van der Waals surface area contributed by atoms with Crippen molar-refractivity contribution in [3.63, 3.8) is 0 Å². The Morgan fingerprint density at radius 1 is 1.14 bits per heavy atom. The lowest BCUT2D eigenvalue weighted by Gasteiger charge is -2.09. The molecule has 0 N–H and O–H groups in total. The van der Waals surface area contributed by atoms with E-state index in [0.717, 1.165) is 12.3 Å². The van der Waals surface area contributed by atoms with E-state index < -0.39 is 0 Å². The normalized spacial score (nSPS) is 13.3. The second-order valence-electron chi connectivity index (χ2n) is 4.01. The number of allylic oxidation sites excluding steroid dienone is 3. The number of hydrogen-bond donors (Lipinski definition) is 0. The third-order valence-corrected chi connectivity index (χ3v) is 2.61. The van der Waals surface area contributed by atoms with Gasteiger partial charge in [0.25, 0.3) is 0 Å². The van der Waals surface area contributed by atoms with Gasteiger partial charge in [-0.1, -0.05) is 57.3 Å². The molecule has 0 radical (unpaired) electrons. The minimum Gasteiger partial charge on any atom is -0.103 e. The predicted octanol–water partition coefficient (Wildman–Crippen LogP) is 5.12. The van der Waals surface area contributed by atoms with Crippen LogP contribution < -0.4 is 0 Å². The van der Waals surface area contributed by atoms with Crippen molar-refractivity contribution in [2.45, 2.75) is 58.8 Å². The summed E-state index contributed by atoms with van der Waals surface area (Å²) in [4.78, 5) is 0. The van der Waals surface area contributed by atoms with E-state index in [2.05, 4.69) is 32.6 Å². The van der Waals surface area contributed by atoms with Crippen LogP contribution in [0.4, 0.5) is 0 Å². The molecular formula is C14H26. The Hall–Kier alpha value is -0.520. The molecule has 0 aromatic rings. The molecule has 0 aliphatic carbocycles. The first-order valence-electron chi connectivity index (χ1n) is 6.08. The highest BCUT2D eigenvalue weighted by molar-refractivity contribution is 4.89. The van der Waals surface area contributed by atoms with Gasteiger partial charge in [0.15, 0.2) is 0 Å². The number of hydrogen-bond acceptors (Lipinski definition) is 0. The van der Waals surface area contributed by atoms with Crippen molar-refractivity contribution in [2.24, 2.45) is 5.92 Å². The van der Waals surface area contributed by atoms with Crippen LogP contribution in [0.5, 0.6) is 0 Å². The third-order valence-electron chi connectivity index (χ3n) is 2.61. The molecule has 14 heavy (non-hydrogen) atoms. The Kier molecular flexibility index (Phi) is 10.2. The van der Waals surface area contributed by atoms with E-state index in [4.69, 9.17) is 0 Å². The summed E-state index contributed by atoms with van der Waals surface area (Å²) in [5, 5.41) is 0. The summed E-state index contributed by atoms with van der Waals surface area (Å²) in [5.74, 6) is 0.735. The molecule has 0 fully saturated rings. The highest BCUT2D eigenvalue weighted by atomic mass is 14.1. The first kappa shape index (κ1) is 13.5. The lowest BCUT2D eigenvalue weighted by molar-refractivity contribution is 0.527. The monoisotopic (exact) mass is 194 g/mol. The average Bonchev–Trinajstić information content (AvgIpc) is 2.18. The molecule has 0 aliphatic heterocycles.